The Bertz CT molecular complexity index is 696. The van der Waals surface area contributed by atoms with Crippen molar-refractivity contribution in [2.45, 2.75) is 219 Å². The van der Waals surface area contributed by atoms with E-state index in [1.807, 2.05) is 0 Å². The van der Waals surface area contributed by atoms with E-state index in [1.165, 1.54) is 154 Å². The molecule has 6 nitrogen and oxygen atoms in total. The van der Waals surface area contributed by atoms with Gasteiger partial charge in [0.15, 0.2) is 0 Å². The minimum atomic E-state index is -1.05. The van der Waals surface area contributed by atoms with Crippen LogP contribution in [0.2, 0.25) is 0 Å². The molecule has 0 atom stereocenters. The number of carbonyl (C=O) groups is 1. The highest BCUT2D eigenvalue weighted by molar-refractivity contribution is 5.65. The number of ether oxygens (including phenoxy) is 2. The van der Waals surface area contributed by atoms with E-state index in [9.17, 15) is 9.90 Å². The van der Waals surface area contributed by atoms with Crippen molar-refractivity contribution < 1.29 is 19.4 Å². The summed E-state index contributed by atoms with van der Waals surface area (Å²) >= 11 is 0. The van der Waals surface area contributed by atoms with Gasteiger partial charge in [-0.05, 0) is 77.2 Å². The van der Waals surface area contributed by atoms with E-state index in [1.54, 1.807) is 0 Å². The van der Waals surface area contributed by atoms with Gasteiger partial charge in [-0.3, -0.25) is 10.6 Å². The first-order valence-corrected chi connectivity index (χ1v) is 21.8. The van der Waals surface area contributed by atoms with E-state index in [4.69, 9.17) is 9.47 Å². The number of allylic oxidation sites excluding steroid dienone is 4. The van der Waals surface area contributed by atoms with E-state index in [-0.39, 0.29) is 13.2 Å². The van der Waals surface area contributed by atoms with Crippen LogP contribution in [-0.2, 0) is 9.47 Å². The van der Waals surface area contributed by atoms with Crippen LogP contribution in [-0.4, -0.2) is 49.8 Å². The van der Waals surface area contributed by atoms with Crippen LogP contribution in [0.4, 0.5) is 4.79 Å². The average molecular weight is 707 g/mol. The molecular weight excluding hydrogens is 620 g/mol. The Kier molecular flexibility index (Phi) is 39.3. The maximum Gasteiger partial charge on any atom is 0.406 e. The fourth-order valence-corrected chi connectivity index (χ4v) is 6.37. The molecule has 0 heterocycles. The van der Waals surface area contributed by atoms with Crippen LogP contribution in [0.1, 0.15) is 213 Å². The van der Waals surface area contributed by atoms with Crippen molar-refractivity contribution in [2.75, 3.05) is 33.0 Å². The lowest BCUT2D eigenvalue weighted by Crippen LogP contribution is -2.64. The van der Waals surface area contributed by atoms with Crippen molar-refractivity contribution >= 4 is 6.09 Å². The van der Waals surface area contributed by atoms with Gasteiger partial charge >= 0.3 is 6.09 Å². The van der Waals surface area contributed by atoms with Crippen LogP contribution in [0, 0.1) is 0 Å². The minimum absolute atomic E-state index is 0.279. The Morgan fingerprint density at radius 2 is 0.800 bits per heavy atom. The Morgan fingerprint density at radius 1 is 0.480 bits per heavy atom. The van der Waals surface area contributed by atoms with Gasteiger partial charge in [-0.1, -0.05) is 167 Å². The number of amides is 1. The molecule has 0 saturated carbocycles. The normalized spacial score (nSPS) is 13.1. The number of rotatable bonds is 41. The van der Waals surface area contributed by atoms with E-state index in [0.717, 1.165) is 45.1 Å². The summed E-state index contributed by atoms with van der Waals surface area (Å²) in [6.07, 6.45) is 46.4. The molecule has 0 radical (unpaired) electrons. The standard InChI is InChI=1S/C44H86N2O4/c1-4-7-10-12-14-16-18-20-22-24-26-28-30-32-34-36-39-49-41-44(46-43(47)48,45-38-9-6-3)42-50-40-37-35-33-31-29-27-25-23-21-19-17-15-13-11-8-5-2/h20-23,45-46H,4-19,24-42H2,1-3H3,(H,47,48). The first-order valence-electron chi connectivity index (χ1n) is 21.8. The lowest BCUT2D eigenvalue weighted by atomic mass is 10.1. The topological polar surface area (TPSA) is 79.8 Å². The third-order valence-corrected chi connectivity index (χ3v) is 9.64. The van der Waals surface area contributed by atoms with Crippen molar-refractivity contribution in [3.8, 4) is 0 Å². The molecule has 0 aliphatic carbocycles. The zero-order valence-electron chi connectivity index (χ0n) is 33.7. The molecule has 0 aromatic heterocycles. The van der Waals surface area contributed by atoms with Crippen LogP contribution < -0.4 is 10.6 Å². The summed E-state index contributed by atoms with van der Waals surface area (Å²) in [7, 11) is 0. The van der Waals surface area contributed by atoms with E-state index >= 15 is 0 Å². The second kappa shape index (κ2) is 40.4. The Hall–Kier alpha value is -1.37. The van der Waals surface area contributed by atoms with Gasteiger partial charge in [-0.25, -0.2) is 4.79 Å². The van der Waals surface area contributed by atoms with Crippen LogP contribution in [0.25, 0.3) is 0 Å². The van der Waals surface area contributed by atoms with Crippen molar-refractivity contribution in [3.63, 3.8) is 0 Å². The van der Waals surface area contributed by atoms with Crippen LogP contribution in [0.5, 0.6) is 0 Å². The molecule has 0 spiro atoms. The lowest BCUT2D eigenvalue weighted by molar-refractivity contribution is -0.0106. The molecular formula is C44H86N2O4. The highest BCUT2D eigenvalue weighted by atomic mass is 16.5. The second-order valence-electron chi connectivity index (χ2n) is 14.8. The molecule has 3 N–H and O–H groups in total. The van der Waals surface area contributed by atoms with Gasteiger partial charge in [0.25, 0.3) is 0 Å². The first-order chi connectivity index (χ1) is 24.6. The summed E-state index contributed by atoms with van der Waals surface area (Å²) in [4.78, 5) is 11.8. The monoisotopic (exact) mass is 707 g/mol. The van der Waals surface area contributed by atoms with Crippen molar-refractivity contribution in [3.05, 3.63) is 24.3 Å². The molecule has 50 heavy (non-hydrogen) atoms. The number of hydrogen-bond acceptors (Lipinski definition) is 4. The van der Waals surface area contributed by atoms with Crippen molar-refractivity contribution in [2.24, 2.45) is 0 Å². The van der Waals surface area contributed by atoms with Gasteiger partial charge in [0.1, 0.15) is 5.66 Å². The van der Waals surface area contributed by atoms with Gasteiger partial charge in [-0.2, -0.15) is 0 Å². The Morgan fingerprint density at radius 3 is 1.14 bits per heavy atom. The first kappa shape index (κ1) is 48.6. The van der Waals surface area contributed by atoms with Crippen LogP contribution in [0.3, 0.4) is 0 Å². The lowest BCUT2D eigenvalue weighted by Gasteiger charge is -2.34. The van der Waals surface area contributed by atoms with Crippen LogP contribution in [0.15, 0.2) is 24.3 Å². The quantitative estimate of drug-likeness (QED) is 0.0335. The third kappa shape index (κ3) is 36.4. The number of nitrogens with one attached hydrogen (secondary N) is 2. The zero-order valence-corrected chi connectivity index (χ0v) is 33.7. The molecule has 0 saturated heterocycles. The zero-order chi connectivity index (χ0) is 36.5. The number of unbranched alkanes of at least 4 members (excludes halogenated alkanes) is 25. The van der Waals surface area contributed by atoms with E-state index in [2.05, 4.69) is 55.7 Å². The van der Waals surface area contributed by atoms with Gasteiger partial charge in [0.2, 0.25) is 0 Å². The van der Waals surface area contributed by atoms with Crippen LogP contribution >= 0.6 is 0 Å². The molecule has 0 aliphatic heterocycles. The molecule has 0 fully saturated rings. The largest absolute Gasteiger partial charge is 0.465 e. The van der Waals surface area contributed by atoms with Gasteiger partial charge in [0.05, 0.1) is 13.2 Å². The molecule has 0 unspecified atom stereocenters. The molecule has 296 valence electrons. The second-order valence-corrected chi connectivity index (χ2v) is 14.8. The average Bonchev–Trinajstić information content (AvgIpc) is 3.10. The smallest absolute Gasteiger partial charge is 0.406 e. The predicted molar refractivity (Wildman–Crippen MR) is 217 cm³/mol. The maximum atomic E-state index is 11.8. The third-order valence-electron chi connectivity index (χ3n) is 9.64. The van der Waals surface area contributed by atoms with Gasteiger partial charge < -0.3 is 14.6 Å². The Labute approximate surface area is 311 Å². The van der Waals surface area contributed by atoms with Gasteiger partial charge in [0, 0.05) is 13.2 Å². The molecule has 0 bridgehead atoms. The summed E-state index contributed by atoms with van der Waals surface area (Å²) < 4.78 is 12.1. The SMILES string of the molecule is CCCCCCCCC=CCCCCCCCCOCC(COCCCCCCCCC=CCCCCCCCC)(NCCCC)NC(=O)O. The molecule has 1 amide bonds. The number of carboxylic acid groups (broad SMARTS) is 1. The molecule has 6 heteroatoms. The fraction of sp³-hybridized carbons (Fsp3) is 0.886. The predicted octanol–water partition coefficient (Wildman–Crippen LogP) is 13.4. The van der Waals surface area contributed by atoms with Crippen molar-refractivity contribution in [1.82, 2.24) is 10.6 Å². The van der Waals surface area contributed by atoms with E-state index < -0.39 is 11.8 Å². The summed E-state index contributed by atoms with van der Waals surface area (Å²) in [5.74, 6) is 0. The molecule has 0 aromatic rings. The van der Waals surface area contributed by atoms with Gasteiger partial charge in [-0.15, -0.1) is 0 Å². The van der Waals surface area contributed by atoms with E-state index in [0.29, 0.717) is 13.2 Å². The summed E-state index contributed by atoms with van der Waals surface area (Å²) in [5, 5.41) is 15.8. The highest BCUT2D eigenvalue weighted by Gasteiger charge is 2.32. The van der Waals surface area contributed by atoms with Crippen molar-refractivity contribution in [1.29, 1.82) is 0 Å². The molecule has 0 aromatic carbocycles. The summed E-state index contributed by atoms with van der Waals surface area (Å²) in [5.41, 5.74) is -0.911. The molecule has 0 rings (SSSR count). The molecule has 0 aliphatic rings. The fourth-order valence-electron chi connectivity index (χ4n) is 6.37. The number of hydrogen-bond donors (Lipinski definition) is 3. The minimum Gasteiger partial charge on any atom is -0.465 e. The highest BCUT2D eigenvalue weighted by Crippen LogP contribution is 2.13. The summed E-state index contributed by atoms with van der Waals surface area (Å²) in [6, 6.07) is 0. The Balaban J connectivity index is 4.05. The maximum absolute atomic E-state index is 11.8. The summed E-state index contributed by atoms with van der Waals surface area (Å²) in [6.45, 7) is 9.27.